The second kappa shape index (κ2) is 11.6. The van der Waals surface area contributed by atoms with Crippen molar-refractivity contribution in [2.75, 3.05) is 48.0 Å². The van der Waals surface area contributed by atoms with Crippen LogP contribution in [0.5, 0.6) is 5.75 Å². The van der Waals surface area contributed by atoms with Gasteiger partial charge < -0.3 is 28.7 Å². The lowest BCUT2D eigenvalue weighted by Gasteiger charge is -2.38. The van der Waals surface area contributed by atoms with E-state index in [1.165, 1.54) is 18.1 Å². The number of nitriles is 1. The van der Waals surface area contributed by atoms with Crippen molar-refractivity contribution in [1.29, 1.82) is 5.26 Å². The van der Waals surface area contributed by atoms with E-state index in [4.69, 9.17) is 18.9 Å². The van der Waals surface area contributed by atoms with Crippen LogP contribution in [0, 0.1) is 17.2 Å². The molecule has 2 amide bonds. The minimum atomic E-state index is -0.515. The summed E-state index contributed by atoms with van der Waals surface area (Å²) in [6, 6.07) is 6.90. The fraction of sp³-hybridized carbons (Fsp3) is 0.640. The Bertz CT molecular complexity index is 916. The van der Waals surface area contributed by atoms with Gasteiger partial charge in [-0.15, -0.1) is 0 Å². The summed E-state index contributed by atoms with van der Waals surface area (Å²) in [5, 5.41) is 9.33. The van der Waals surface area contributed by atoms with Crippen molar-refractivity contribution in [3.8, 4) is 11.8 Å². The van der Waals surface area contributed by atoms with Gasteiger partial charge in [-0.3, -0.25) is 9.59 Å². The van der Waals surface area contributed by atoms with E-state index in [0.29, 0.717) is 36.4 Å². The predicted molar refractivity (Wildman–Crippen MR) is 125 cm³/mol. The molecule has 2 heterocycles. The molecule has 1 fully saturated rings. The number of methoxy groups -OCH3 is 2. The molecule has 0 radical (unpaired) electrons. The van der Waals surface area contributed by atoms with E-state index < -0.39 is 12.0 Å². The Morgan fingerprint density at radius 2 is 1.76 bits per heavy atom. The maximum atomic E-state index is 13.3. The van der Waals surface area contributed by atoms with Crippen molar-refractivity contribution in [2.45, 2.75) is 50.6 Å². The Morgan fingerprint density at radius 1 is 1.03 bits per heavy atom. The fourth-order valence-electron chi connectivity index (χ4n) is 4.64. The Balaban J connectivity index is 1.93. The van der Waals surface area contributed by atoms with Crippen LogP contribution in [0.2, 0.25) is 0 Å². The first-order valence-electron chi connectivity index (χ1n) is 11.7. The summed E-state index contributed by atoms with van der Waals surface area (Å²) in [6.07, 6.45) is 1.39. The van der Waals surface area contributed by atoms with Crippen LogP contribution < -0.4 is 4.74 Å². The van der Waals surface area contributed by atoms with Crippen LogP contribution in [0.4, 0.5) is 0 Å². The molecule has 0 spiro atoms. The van der Waals surface area contributed by atoms with E-state index in [0.717, 1.165) is 12.8 Å². The van der Waals surface area contributed by atoms with Gasteiger partial charge in [0.2, 0.25) is 5.91 Å². The molecule has 2 aliphatic heterocycles. The third-order valence-electron chi connectivity index (χ3n) is 6.77. The zero-order chi connectivity index (χ0) is 24.8. The van der Waals surface area contributed by atoms with Crippen molar-refractivity contribution in [3.63, 3.8) is 0 Å². The molecular formula is C25H35N3O6. The summed E-state index contributed by atoms with van der Waals surface area (Å²) in [5.41, 5.74) is 0.678. The first kappa shape index (κ1) is 25.9. The number of rotatable bonds is 2. The van der Waals surface area contributed by atoms with Gasteiger partial charge in [0.25, 0.3) is 5.91 Å². The smallest absolute Gasteiger partial charge is 0.257 e. The van der Waals surface area contributed by atoms with Crippen molar-refractivity contribution in [2.24, 2.45) is 5.92 Å². The number of nitrogens with zero attached hydrogens (tertiary/aromatic N) is 3. The number of carbonyl (C=O) groups excluding carboxylic acids is 2. The highest BCUT2D eigenvalue weighted by Crippen LogP contribution is 2.27. The summed E-state index contributed by atoms with van der Waals surface area (Å²) < 4.78 is 23.6. The van der Waals surface area contributed by atoms with E-state index >= 15 is 0 Å². The number of amides is 2. The summed E-state index contributed by atoms with van der Waals surface area (Å²) in [4.78, 5) is 29.7. The maximum absolute atomic E-state index is 13.3. The second-order valence-electron chi connectivity index (χ2n) is 9.08. The Labute approximate surface area is 201 Å². The van der Waals surface area contributed by atoms with Crippen LogP contribution in [0.3, 0.4) is 0 Å². The third-order valence-corrected chi connectivity index (χ3v) is 6.77. The Kier molecular flexibility index (Phi) is 8.89. The molecule has 2 bridgehead atoms. The van der Waals surface area contributed by atoms with Crippen molar-refractivity contribution in [1.82, 2.24) is 9.80 Å². The lowest BCUT2D eigenvalue weighted by molar-refractivity contribution is -0.154. The Hall–Kier alpha value is -2.67. The molecule has 34 heavy (non-hydrogen) atoms. The first-order valence-corrected chi connectivity index (χ1v) is 11.7. The molecule has 0 aromatic heterocycles. The van der Waals surface area contributed by atoms with E-state index in [1.54, 1.807) is 45.2 Å². The molecule has 5 atom stereocenters. The molecule has 1 aromatic carbocycles. The lowest BCUT2D eigenvalue weighted by Crippen LogP contribution is -2.50. The fourth-order valence-corrected chi connectivity index (χ4v) is 4.64. The van der Waals surface area contributed by atoms with Gasteiger partial charge in [-0.25, -0.2) is 0 Å². The number of benzene rings is 1. The molecule has 2 aliphatic rings. The monoisotopic (exact) mass is 473 g/mol. The highest BCUT2D eigenvalue weighted by atomic mass is 16.5. The molecule has 0 N–H and O–H groups in total. The van der Waals surface area contributed by atoms with Crippen LogP contribution in [0.1, 0.15) is 42.1 Å². The average molecular weight is 474 g/mol. The SMILES string of the molecule is CO[C@H]1CC[C@H]2CCOc3ccc(C#N)cc3C(=O)N(C)C[C@H](OC)[C@H](C)C(=O)N(C)C[C@@H]1O2. The van der Waals surface area contributed by atoms with Crippen molar-refractivity contribution >= 4 is 11.8 Å². The molecule has 1 aromatic rings. The van der Waals surface area contributed by atoms with Crippen LogP contribution in [0.25, 0.3) is 0 Å². The van der Waals surface area contributed by atoms with Crippen LogP contribution in [-0.2, 0) is 19.0 Å². The maximum Gasteiger partial charge on any atom is 0.257 e. The summed E-state index contributed by atoms with van der Waals surface area (Å²) in [6.45, 7) is 2.77. The van der Waals surface area contributed by atoms with Gasteiger partial charge in [-0.1, -0.05) is 6.92 Å². The average Bonchev–Trinajstić information content (AvgIpc) is 2.85. The normalized spacial score (nSPS) is 29.2. The number of likely N-dealkylation sites (N-methyl/N-ethyl adjacent to an activating group) is 2. The van der Waals surface area contributed by atoms with E-state index in [1.807, 2.05) is 0 Å². The quantitative estimate of drug-likeness (QED) is 0.648. The van der Waals surface area contributed by atoms with Gasteiger partial charge in [0.1, 0.15) is 11.9 Å². The molecule has 0 aliphatic carbocycles. The molecule has 1 saturated heterocycles. The Morgan fingerprint density at radius 3 is 2.44 bits per heavy atom. The highest BCUT2D eigenvalue weighted by Gasteiger charge is 2.35. The highest BCUT2D eigenvalue weighted by molar-refractivity contribution is 5.97. The number of carbonyl (C=O) groups is 2. The standard InChI is InChI=1S/C25H35N3O6/c1-16-22(32-5)14-28(3)25(30)19-12-17(13-26)6-8-20(19)33-11-10-18-7-9-21(31-4)23(34-18)15-27(2)24(16)29/h6,8,12,16,18,21-23H,7,9-11,14-15H2,1-5H3/t16-,18-,21-,22-,23-/m0/s1. The largest absolute Gasteiger partial charge is 0.493 e. The molecule has 0 unspecified atom stereocenters. The van der Waals surface area contributed by atoms with Gasteiger partial charge in [0.05, 0.1) is 48.0 Å². The van der Waals surface area contributed by atoms with E-state index in [9.17, 15) is 14.9 Å². The minimum Gasteiger partial charge on any atom is -0.493 e. The molecular weight excluding hydrogens is 438 g/mol. The zero-order valence-corrected chi connectivity index (χ0v) is 20.7. The van der Waals surface area contributed by atoms with Crippen molar-refractivity contribution < 1.29 is 28.5 Å². The lowest BCUT2D eigenvalue weighted by atomic mass is 9.97. The zero-order valence-electron chi connectivity index (χ0n) is 20.7. The predicted octanol–water partition coefficient (Wildman–Crippen LogP) is 2.08. The van der Waals surface area contributed by atoms with Crippen LogP contribution in [-0.4, -0.2) is 94.0 Å². The second-order valence-corrected chi connectivity index (χ2v) is 9.08. The van der Waals surface area contributed by atoms with Crippen LogP contribution in [0.15, 0.2) is 18.2 Å². The first-order chi connectivity index (χ1) is 16.3. The number of fused-ring (bicyclic) bond motifs is 3. The molecule has 9 nitrogen and oxygen atoms in total. The van der Waals surface area contributed by atoms with Gasteiger partial charge in [0.15, 0.2) is 0 Å². The van der Waals surface area contributed by atoms with Gasteiger partial charge in [-0.05, 0) is 31.0 Å². The molecule has 186 valence electrons. The number of hydrogen-bond donors (Lipinski definition) is 0. The summed E-state index contributed by atoms with van der Waals surface area (Å²) >= 11 is 0. The van der Waals surface area contributed by atoms with Crippen LogP contribution >= 0.6 is 0 Å². The molecule has 9 heteroatoms. The number of ether oxygens (including phenoxy) is 4. The number of hydrogen-bond acceptors (Lipinski definition) is 7. The van der Waals surface area contributed by atoms with Crippen molar-refractivity contribution in [3.05, 3.63) is 29.3 Å². The third kappa shape index (κ3) is 5.87. The molecule has 0 saturated carbocycles. The van der Waals surface area contributed by atoms with E-state index in [-0.39, 0.29) is 36.7 Å². The topological polar surface area (TPSA) is 101 Å². The van der Waals surface area contributed by atoms with Gasteiger partial charge in [0, 0.05) is 47.8 Å². The summed E-state index contributed by atoms with van der Waals surface area (Å²) in [5.74, 6) is -0.454. The molecule has 3 rings (SSSR count). The van der Waals surface area contributed by atoms with Gasteiger partial charge in [-0.2, -0.15) is 5.26 Å². The van der Waals surface area contributed by atoms with Gasteiger partial charge >= 0.3 is 0 Å². The summed E-state index contributed by atoms with van der Waals surface area (Å²) in [7, 11) is 6.61. The van der Waals surface area contributed by atoms with E-state index in [2.05, 4.69) is 6.07 Å². The minimum absolute atomic E-state index is 0.0443.